The average Bonchev–Trinajstić information content (AvgIpc) is 2.79. The molecule has 0 aliphatic heterocycles. The van der Waals surface area contributed by atoms with E-state index in [0.717, 1.165) is 41.6 Å². The summed E-state index contributed by atoms with van der Waals surface area (Å²) in [6.07, 6.45) is 3.09. The molecule has 0 spiro atoms. The molecular weight excluding hydrogens is 384 g/mol. The Balaban J connectivity index is 1.90. The number of hydrogen-bond donors (Lipinski definition) is 0. The van der Waals surface area contributed by atoms with Crippen molar-refractivity contribution >= 4 is 0 Å². The number of nitriles is 1. The highest BCUT2D eigenvalue weighted by molar-refractivity contribution is 5.70. The lowest BCUT2D eigenvalue weighted by atomic mass is 9.99. The van der Waals surface area contributed by atoms with Gasteiger partial charge in [-0.2, -0.15) is 5.26 Å². The fourth-order valence-corrected chi connectivity index (χ4v) is 3.58. The first-order valence-corrected chi connectivity index (χ1v) is 10.9. The van der Waals surface area contributed by atoms with Gasteiger partial charge in [0.25, 0.3) is 5.56 Å². The summed E-state index contributed by atoms with van der Waals surface area (Å²) < 4.78 is 7.56. The Morgan fingerprint density at radius 1 is 1.03 bits per heavy atom. The van der Waals surface area contributed by atoms with Gasteiger partial charge in [0.15, 0.2) is 0 Å². The third-order valence-corrected chi connectivity index (χ3v) is 5.36. The second-order valence-electron chi connectivity index (χ2n) is 8.06. The molecule has 0 unspecified atom stereocenters. The molecule has 4 nitrogen and oxygen atoms in total. The second-order valence-corrected chi connectivity index (χ2v) is 8.06. The van der Waals surface area contributed by atoms with Crippen LogP contribution in [0.15, 0.2) is 65.5 Å². The quantitative estimate of drug-likeness (QED) is 0.451. The normalized spacial score (nSPS) is 10.9. The van der Waals surface area contributed by atoms with Crippen molar-refractivity contribution in [3.8, 4) is 17.2 Å². The third-order valence-electron chi connectivity index (χ3n) is 5.36. The zero-order chi connectivity index (χ0) is 22.2. The van der Waals surface area contributed by atoms with Gasteiger partial charge in [0, 0.05) is 11.3 Å². The van der Waals surface area contributed by atoms with Gasteiger partial charge in [0.2, 0.25) is 0 Å². The summed E-state index contributed by atoms with van der Waals surface area (Å²) in [6, 6.07) is 21.9. The Bertz CT molecular complexity index is 1110. The van der Waals surface area contributed by atoms with Crippen LogP contribution in [0.5, 0.6) is 0 Å². The zero-order valence-corrected chi connectivity index (χ0v) is 18.6. The van der Waals surface area contributed by atoms with Crippen LogP contribution in [0.2, 0.25) is 0 Å². The van der Waals surface area contributed by atoms with Gasteiger partial charge in [0.05, 0.1) is 30.9 Å². The number of benzene rings is 2. The van der Waals surface area contributed by atoms with Crippen molar-refractivity contribution in [3.05, 3.63) is 93.4 Å². The highest BCUT2D eigenvalue weighted by atomic mass is 16.5. The molecule has 0 bridgehead atoms. The van der Waals surface area contributed by atoms with Crippen LogP contribution in [-0.2, 0) is 24.3 Å². The molecule has 0 fully saturated rings. The molecular formula is C27H30N2O2. The summed E-state index contributed by atoms with van der Waals surface area (Å²) in [7, 11) is 0. The van der Waals surface area contributed by atoms with Crippen molar-refractivity contribution < 1.29 is 4.74 Å². The summed E-state index contributed by atoms with van der Waals surface area (Å²) in [5, 5.41) is 9.37. The monoisotopic (exact) mass is 414 g/mol. The fourth-order valence-electron chi connectivity index (χ4n) is 3.58. The molecule has 4 heteroatoms. The number of hydrogen-bond acceptors (Lipinski definition) is 3. The van der Waals surface area contributed by atoms with E-state index in [4.69, 9.17) is 4.74 Å². The molecule has 0 saturated heterocycles. The molecule has 3 aromatic rings. The van der Waals surface area contributed by atoms with Crippen molar-refractivity contribution in [2.75, 3.05) is 0 Å². The van der Waals surface area contributed by atoms with E-state index in [1.165, 1.54) is 0 Å². The summed E-state index contributed by atoms with van der Waals surface area (Å²) >= 11 is 0. The fraction of sp³-hybridized carbons (Fsp3) is 0.333. The number of nitrogens with zero attached hydrogens (tertiary/aromatic N) is 2. The SMILES string of the molecule is CCCCc1ccc(COC(C)C)c(=O)n1Cc1ccc(-c2ccccc2C#N)cc1. The van der Waals surface area contributed by atoms with E-state index in [1.807, 2.05) is 73.0 Å². The lowest BCUT2D eigenvalue weighted by molar-refractivity contribution is 0.0648. The third kappa shape index (κ3) is 5.71. The predicted molar refractivity (Wildman–Crippen MR) is 125 cm³/mol. The molecule has 160 valence electrons. The standard InChI is InChI=1S/C27H30N2O2/c1-4-5-9-25-16-15-24(19-31-20(2)3)27(30)29(25)18-21-11-13-22(14-12-21)26-10-7-6-8-23(26)17-28/h6-8,10-16,20H,4-5,9,18-19H2,1-3H3. The largest absolute Gasteiger partial charge is 0.374 e. The van der Waals surface area contributed by atoms with Crippen LogP contribution in [0.3, 0.4) is 0 Å². The number of rotatable bonds is 9. The number of ether oxygens (including phenoxy) is 1. The molecule has 1 aromatic heterocycles. The summed E-state index contributed by atoms with van der Waals surface area (Å²) in [4.78, 5) is 13.2. The van der Waals surface area contributed by atoms with Gasteiger partial charge >= 0.3 is 0 Å². The molecule has 0 atom stereocenters. The molecule has 2 aromatic carbocycles. The Morgan fingerprint density at radius 3 is 2.45 bits per heavy atom. The van der Waals surface area contributed by atoms with E-state index in [2.05, 4.69) is 19.1 Å². The van der Waals surface area contributed by atoms with Gasteiger partial charge in [0.1, 0.15) is 0 Å². The van der Waals surface area contributed by atoms with E-state index < -0.39 is 0 Å². The Labute approximate surface area is 184 Å². The summed E-state index contributed by atoms with van der Waals surface area (Å²) in [6.45, 7) is 6.95. The molecule has 31 heavy (non-hydrogen) atoms. The number of aromatic nitrogens is 1. The maximum absolute atomic E-state index is 13.2. The van der Waals surface area contributed by atoms with Crippen molar-refractivity contribution in [2.24, 2.45) is 0 Å². The van der Waals surface area contributed by atoms with Gasteiger partial charge < -0.3 is 9.30 Å². The summed E-state index contributed by atoms with van der Waals surface area (Å²) in [5.74, 6) is 0. The van der Waals surface area contributed by atoms with Crippen LogP contribution >= 0.6 is 0 Å². The first-order valence-electron chi connectivity index (χ1n) is 10.9. The predicted octanol–water partition coefficient (Wildman–Crippen LogP) is 5.70. The minimum Gasteiger partial charge on any atom is -0.374 e. The van der Waals surface area contributed by atoms with Crippen LogP contribution in [0, 0.1) is 11.3 Å². The van der Waals surface area contributed by atoms with Crippen molar-refractivity contribution in [1.82, 2.24) is 4.57 Å². The Morgan fingerprint density at radius 2 is 1.77 bits per heavy atom. The Hall–Kier alpha value is -3.16. The first-order chi connectivity index (χ1) is 15.0. The van der Waals surface area contributed by atoms with E-state index in [9.17, 15) is 10.1 Å². The van der Waals surface area contributed by atoms with Gasteiger partial charge in [-0.1, -0.05) is 55.8 Å². The van der Waals surface area contributed by atoms with Crippen molar-refractivity contribution in [1.29, 1.82) is 5.26 Å². The number of unbranched alkanes of at least 4 members (excludes halogenated alkanes) is 1. The molecule has 0 aliphatic carbocycles. The van der Waals surface area contributed by atoms with Crippen LogP contribution in [0.25, 0.3) is 11.1 Å². The maximum atomic E-state index is 13.2. The lowest BCUT2D eigenvalue weighted by Crippen LogP contribution is -2.28. The van der Waals surface area contributed by atoms with Crippen LogP contribution < -0.4 is 5.56 Å². The van der Waals surface area contributed by atoms with Crippen LogP contribution in [-0.4, -0.2) is 10.7 Å². The smallest absolute Gasteiger partial charge is 0.256 e. The molecule has 3 rings (SSSR count). The molecule has 0 saturated carbocycles. The highest BCUT2D eigenvalue weighted by Gasteiger charge is 2.11. The average molecular weight is 415 g/mol. The number of aryl methyl sites for hydroxylation is 1. The lowest BCUT2D eigenvalue weighted by Gasteiger charge is -2.16. The maximum Gasteiger partial charge on any atom is 0.256 e. The van der Waals surface area contributed by atoms with E-state index >= 15 is 0 Å². The van der Waals surface area contributed by atoms with E-state index in [-0.39, 0.29) is 11.7 Å². The second kappa shape index (κ2) is 10.7. The van der Waals surface area contributed by atoms with Gasteiger partial charge in [-0.15, -0.1) is 0 Å². The topological polar surface area (TPSA) is 55.0 Å². The number of pyridine rings is 1. The Kier molecular flexibility index (Phi) is 7.81. The molecule has 0 aliphatic rings. The zero-order valence-electron chi connectivity index (χ0n) is 18.6. The van der Waals surface area contributed by atoms with Crippen LogP contribution in [0.1, 0.15) is 56.0 Å². The van der Waals surface area contributed by atoms with Gasteiger partial charge in [-0.3, -0.25) is 4.79 Å². The first kappa shape index (κ1) is 22.5. The van der Waals surface area contributed by atoms with Crippen molar-refractivity contribution in [3.63, 3.8) is 0 Å². The summed E-state index contributed by atoms with van der Waals surface area (Å²) in [5.41, 5.74) is 5.40. The van der Waals surface area contributed by atoms with Gasteiger partial charge in [-0.25, -0.2) is 0 Å². The van der Waals surface area contributed by atoms with E-state index in [1.54, 1.807) is 0 Å². The van der Waals surface area contributed by atoms with Crippen molar-refractivity contribution in [2.45, 2.75) is 59.3 Å². The van der Waals surface area contributed by atoms with Gasteiger partial charge in [-0.05, 0) is 61.6 Å². The van der Waals surface area contributed by atoms with E-state index in [0.29, 0.717) is 24.3 Å². The molecule has 1 heterocycles. The van der Waals surface area contributed by atoms with Crippen LogP contribution in [0.4, 0.5) is 0 Å². The minimum absolute atomic E-state index is 0.0214. The molecule has 0 amide bonds. The minimum atomic E-state index is 0.0214. The molecule has 0 N–H and O–H groups in total. The molecule has 0 radical (unpaired) electrons. The highest BCUT2D eigenvalue weighted by Crippen LogP contribution is 2.23.